The molecule has 5 nitrogen and oxygen atoms in total. The first kappa shape index (κ1) is 22.3. The summed E-state index contributed by atoms with van der Waals surface area (Å²) in [5, 5.41) is 1.26. The third-order valence-electron chi connectivity index (χ3n) is 4.98. The van der Waals surface area contributed by atoms with E-state index in [4.69, 9.17) is 16.6 Å². The minimum absolute atomic E-state index is 0. The van der Waals surface area contributed by atoms with Gasteiger partial charge in [-0.15, -0.1) is 12.4 Å². The molecule has 30 heavy (non-hydrogen) atoms. The molecule has 0 saturated heterocycles. The number of rotatable bonds is 6. The van der Waals surface area contributed by atoms with Crippen LogP contribution in [0.5, 0.6) is 0 Å². The summed E-state index contributed by atoms with van der Waals surface area (Å²) in [6.07, 6.45) is 6.25. The lowest BCUT2D eigenvalue weighted by molar-refractivity contribution is 0.0986. The summed E-state index contributed by atoms with van der Waals surface area (Å²) < 4.78 is 3.09. The van der Waals surface area contributed by atoms with Gasteiger partial charge in [0.2, 0.25) is 0 Å². The molecule has 0 aliphatic carbocycles. The van der Waals surface area contributed by atoms with Crippen molar-refractivity contribution in [1.82, 2.24) is 14.5 Å². The van der Waals surface area contributed by atoms with E-state index < -0.39 is 0 Å². The molecule has 0 N–H and O–H groups in total. The number of carbonyl (C=O) groups excluding carboxylic acids is 1. The van der Waals surface area contributed by atoms with Crippen molar-refractivity contribution in [2.24, 2.45) is 0 Å². The van der Waals surface area contributed by atoms with Gasteiger partial charge in [0.15, 0.2) is 5.13 Å². The maximum Gasteiger partial charge on any atom is 0.260 e. The lowest BCUT2D eigenvalue weighted by Crippen LogP contribution is -2.32. The Balaban J connectivity index is 0.00000256. The quantitative estimate of drug-likeness (QED) is 0.358. The first-order chi connectivity index (χ1) is 14.0. The van der Waals surface area contributed by atoms with Gasteiger partial charge in [-0.1, -0.05) is 35.1 Å². The van der Waals surface area contributed by atoms with Crippen molar-refractivity contribution < 1.29 is 4.79 Å². The fourth-order valence-corrected chi connectivity index (χ4v) is 4.46. The van der Waals surface area contributed by atoms with Crippen LogP contribution in [0.25, 0.3) is 10.2 Å². The molecule has 4 aromatic rings. The van der Waals surface area contributed by atoms with Gasteiger partial charge in [-0.05, 0) is 55.7 Å². The molecule has 0 bridgehead atoms. The highest BCUT2D eigenvalue weighted by atomic mass is 35.5. The third-order valence-corrected chi connectivity index (χ3v) is 6.26. The maximum atomic E-state index is 13.3. The average Bonchev–Trinajstić information content (AvgIpc) is 3.38. The first-order valence-electron chi connectivity index (χ1n) is 9.43. The van der Waals surface area contributed by atoms with Crippen LogP contribution in [0.4, 0.5) is 5.13 Å². The van der Waals surface area contributed by atoms with Gasteiger partial charge in [0.1, 0.15) is 0 Å². The molecule has 0 spiro atoms. The summed E-state index contributed by atoms with van der Waals surface area (Å²) in [5.74, 6) is -0.0911. The fourth-order valence-electron chi connectivity index (χ4n) is 3.22. The van der Waals surface area contributed by atoms with E-state index in [2.05, 4.69) is 31.0 Å². The van der Waals surface area contributed by atoms with Crippen molar-refractivity contribution in [2.75, 3.05) is 11.4 Å². The van der Waals surface area contributed by atoms with Crippen molar-refractivity contribution >= 4 is 56.6 Å². The highest BCUT2D eigenvalue weighted by molar-refractivity contribution is 7.22. The van der Waals surface area contributed by atoms with Crippen LogP contribution in [0.15, 0.2) is 55.1 Å². The van der Waals surface area contributed by atoms with E-state index in [9.17, 15) is 4.79 Å². The average molecular weight is 461 g/mol. The standard InChI is InChI=1S/C22H21ClN4OS.ClH/c1-15-7-8-19-20(16(15)2)25-22(29-19)27(11-4-10-26-12-9-24-14-26)21(28)17-5-3-6-18(23)13-17;/h3,5-9,12-14H,4,10-11H2,1-2H3;1H. The second-order valence-electron chi connectivity index (χ2n) is 6.97. The topological polar surface area (TPSA) is 51.0 Å². The van der Waals surface area contributed by atoms with Gasteiger partial charge in [-0.25, -0.2) is 9.97 Å². The number of fused-ring (bicyclic) bond motifs is 1. The zero-order chi connectivity index (χ0) is 20.4. The molecule has 2 heterocycles. The Morgan fingerprint density at radius 3 is 2.80 bits per heavy atom. The number of aromatic nitrogens is 3. The molecule has 0 aliphatic rings. The molecule has 2 aromatic heterocycles. The third kappa shape index (κ3) is 4.67. The highest BCUT2D eigenvalue weighted by Gasteiger charge is 2.22. The number of amides is 1. The Morgan fingerprint density at radius 2 is 2.07 bits per heavy atom. The Morgan fingerprint density at radius 1 is 1.23 bits per heavy atom. The van der Waals surface area contributed by atoms with Gasteiger partial charge in [0.25, 0.3) is 5.91 Å². The van der Waals surface area contributed by atoms with Crippen LogP contribution in [0.2, 0.25) is 5.02 Å². The maximum absolute atomic E-state index is 13.3. The number of anilines is 1. The summed E-state index contributed by atoms with van der Waals surface area (Å²) in [6, 6.07) is 11.2. The van der Waals surface area contributed by atoms with Crippen LogP contribution in [0.3, 0.4) is 0 Å². The highest BCUT2D eigenvalue weighted by Crippen LogP contribution is 2.33. The van der Waals surface area contributed by atoms with E-state index in [1.165, 1.54) is 5.56 Å². The Hall–Kier alpha value is -2.41. The number of hydrogen-bond donors (Lipinski definition) is 0. The number of imidazole rings is 1. The lowest BCUT2D eigenvalue weighted by atomic mass is 10.1. The molecule has 0 saturated carbocycles. The number of thiazole rings is 1. The van der Waals surface area contributed by atoms with Gasteiger partial charge in [0, 0.05) is 36.1 Å². The van der Waals surface area contributed by atoms with Crippen LogP contribution < -0.4 is 4.90 Å². The number of halogens is 2. The predicted molar refractivity (Wildman–Crippen MR) is 126 cm³/mol. The van der Waals surface area contributed by atoms with Crippen molar-refractivity contribution in [2.45, 2.75) is 26.8 Å². The molecule has 0 aliphatic heterocycles. The number of carbonyl (C=O) groups is 1. The second-order valence-corrected chi connectivity index (χ2v) is 8.42. The van der Waals surface area contributed by atoms with Gasteiger partial charge >= 0.3 is 0 Å². The molecule has 4 rings (SSSR count). The largest absolute Gasteiger partial charge is 0.337 e. The van der Waals surface area contributed by atoms with Crippen LogP contribution >= 0.6 is 35.3 Å². The molecular weight excluding hydrogens is 439 g/mol. The second kappa shape index (κ2) is 9.60. The van der Waals surface area contributed by atoms with Gasteiger partial charge in [-0.3, -0.25) is 9.69 Å². The lowest BCUT2D eigenvalue weighted by Gasteiger charge is -2.20. The van der Waals surface area contributed by atoms with Crippen LogP contribution in [0.1, 0.15) is 27.9 Å². The van der Waals surface area contributed by atoms with Gasteiger partial charge < -0.3 is 4.57 Å². The van der Waals surface area contributed by atoms with Crippen LogP contribution in [-0.2, 0) is 6.54 Å². The monoisotopic (exact) mass is 460 g/mol. The van der Waals surface area contributed by atoms with Crippen LogP contribution in [-0.4, -0.2) is 27.0 Å². The van der Waals surface area contributed by atoms with Crippen molar-refractivity contribution in [3.63, 3.8) is 0 Å². The van der Waals surface area contributed by atoms with Crippen molar-refractivity contribution in [1.29, 1.82) is 0 Å². The van der Waals surface area contributed by atoms with E-state index in [1.54, 1.807) is 53.0 Å². The molecular formula is C22H22Cl2N4OS. The van der Waals surface area contributed by atoms with E-state index in [-0.39, 0.29) is 18.3 Å². The zero-order valence-electron chi connectivity index (χ0n) is 16.7. The minimum Gasteiger partial charge on any atom is -0.337 e. The first-order valence-corrected chi connectivity index (χ1v) is 10.6. The SMILES string of the molecule is Cc1ccc2sc(N(CCCn3ccnc3)C(=O)c3cccc(Cl)c3)nc2c1C.Cl. The summed E-state index contributed by atoms with van der Waals surface area (Å²) in [7, 11) is 0. The van der Waals surface area contributed by atoms with E-state index >= 15 is 0 Å². The summed E-state index contributed by atoms with van der Waals surface area (Å²) in [5.41, 5.74) is 3.87. The fraction of sp³-hybridized carbons (Fsp3) is 0.227. The molecule has 156 valence electrons. The number of hydrogen-bond acceptors (Lipinski definition) is 4. The summed E-state index contributed by atoms with van der Waals surface area (Å²) in [6.45, 7) is 5.49. The molecule has 0 atom stereocenters. The number of aryl methyl sites for hydroxylation is 3. The Labute approximate surface area is 190 Å². The van der Waals surface area contributed by atoms with Crippen molar-refractivity contribution in [3.05, 3.63) is 76.8 Å². The number of benzene rings is 2. The van der Waals surface area contributed by atoms with Gasteiger partial charge in [0.05, 0.1) is 16.5 Å². The van der Waals surface area contributed by atoms with Gasteiger partial charge in [-0.2, -0.15) is 0 Å². The summed E-state index contributed by atoms with van der Waals surface area (Å²) >= 11 is 7.67. The van der Waals surface area contributed by atoms with E-state index in [0.717, 1.165) is 28.7 Å². The van der Waals surface area contributed by atoms with Crippen LogP contribution in [0, 0.1) is 13.8 Å². The zero-order valence-corrected chi connectivity index (χ0v) is 19.1. The number of nitrogens with zero attached hydrogens (tertiary/aromatic N) is 4. The summed E-state index contributed by atoms with van der Waals surface area (Å²) in [4.78, 5) is 24.0. The Bertz CT molecular complexity index is 1160. The Kier molecular flexibility index (Phi) is 7.13. The van der Waals surface area contributed by atoms with E-state index in [0.29, 0.717) is 22.3 Å². The molecule has 2 aromatic carbocycles. The normalized spacial score (nSPS) is 10.8. The molecule has 0 fully saturated rings. The molecule has 0 radical (unpaired) electrons. The van der Waals surface area contributed by atoms with E-state index in [1.807, 2.05) is 10.8 Å². The van der Waals surface area contributed by atoms with Crippen molar-refractivity contribution in [3.8, 4) is 0 Å². The minimum atomic E-state index is -0.0911. The molecule has 1 amide bonds. The molecule has 0 unspecified atom stereocenters. The smallest absolute Gasteiger partial charge is 0.260 e. The predicted octanol–water partition coefficient (Wildman–Crippen LogP) is 5.92. The molecule has 8 heteroatoms.